The average Bonchev–Trinajstić information content (AvgIpc) is 2.42. The third-order valence-electron chi connectivity index (χ3n) is 2.08. The molecule has 2 aromatic rings. The Balaban J connectivity index is 0.000000686. The van der Waals surface area contributed by atoms with Crippen molar-refractivity contribution < 1.29 is 4.39 Å². The molecule has 0 amide bonds. The van der Waals surface area contributed by atoms with Crippen molar-refractivity contribution in [1.29, 1.82) is 5.26 Å². The third kappa shape index (κ3) is 3.12. The van der Waals surface area contributed by atoms with E-state index in [0.717, 1.165) is 11.1 Å². The Kier molecular flexibility index (Phi) is 4.83. The highest BCUT2D eigenvalue weighted by Crippen LogP contribution is 2.20. The first-order valence-corrected chi connectivity index (χ1v) is 5.41. The van der Waals surface area contributed by atoms with Crippen LogP contribution in [0.2, 0.25) is 0 Å². The molecule has 0 aliphatic heterocycles. The molecule has 3 heteroatoms. The van der Waals surface area contributed by atoms with E-state index in [9.17, 15) is 4.39 Å². The number of rotatable bonds is 1. The van der Waals surface area contributed by atoms with E-state index in [-0.39, 0.29) is 5.56 Å². The number of halogens is 1. The second kappa shape index (κ2) is 6.39. The van der Waals surface area contributed by atoms with Crippen LogP contribution in [0.15, 0.2) is 42.7 Å². The van der Waals surface area contributed by atoms with Gasteiger partial charge in [0.05, 0.1) is 5.56 Å². The number of pyridine rings is 1. The van der Waals surface area contributed by atoms with Gasteiger partial charge in [0, 0.05) is 18.0 Å². The van der Waals surface area contributed by atoms with Gasteiger partial charge in [0.15, 0.2) is 0 Å². The van der Waals surface area contributed by atoms with Crippen molar-refractivity contribution in [1.82, 2.24) is 4.98 Å². The lowest BCUT2D eigenvalue weighted by Crippen LogP contribution is -1.85. The molecule has 0 atom stereocenters. The van der Waals surface area contributed by atoms with Crippen molar-refractivity contribution in [3.8, 4) is 17.2 Å². The molecule has 2 rings (SSSR count). The lowest BCUT2D eigenvalue weighted by molar-refractivity contribution is 0.624. The zero-order chi connectivity index (χ0) is 12.7. The van der Waals surface area contributed by atoms with Crippen molar-refractivity contribution in [3.05, 3.63) is 54.1 Å². The number of hydrogen-bond donors (Lipinski definition) is 0. The molecule has 0 bridgehead atoms. The largest absolute Gasteiger partial charge is 0.264 e. The van der Waals surface area contributed by atoms with Crippen LogP contribution in [-0.2, 0) is 0 Å². The van der Waals surface area contributed by atoms with Crippen LogP contribution in [0.25, 0.3) is 11.1 Å². The molecule has 0 aliphatic rings. The molecule has 0 aliphatic carbocycles. The molecule has 0 fully saturated rings. The Labute approximate surface area is 100 Å². The minimum atomic E-state index is -0.495. The van der Waals surface area contributed by atoms with Gasteiger partial charge in [0.1, 0.15) is 11.9 Å². The van der Waals surface area contributed by atoms with Crippen LogP contribution in [0.5, 0.6) is 0 Å². The number of hydrogen-bond acceptors (Lipinski definition) is 2. The normalized spacial score (nSPS) is 8.82. The Morgan fingerprint density at radius 1 is 1.18 bits per heavy atom. The molecule has 0 saturated carbocycles. The molecule has 1 aromatic heterocycles. The highest BCUT2D eigenvalue weighted by Gasteiger charge is 2.03. The maximum atomic E-state index is 13.0. The van der Waals surface area contributed by atoms with Gasteiger partial charge in [-0.25, -0.2) is 4.39 Å². The minimum Gasteiger partial charge on any atom is -0.264 e. The van der Waals surface area contributed by atoms with Gasteiger partial charge in [-0.15, -0.1) is 0 Å². The molecule has 0 radical (unpaired) electrons. The molecule has 86 valence electrons. The lowest BCUT2D eigenvalue weighted by Gasteiger charge is -2.01. The summed E-state index contributed by atoms with van der Waals surface area (Å²) in [7, 11) is 0. The van der Waals surface area contributed by atoms with Gasteiger partial charge in [0.2, 0.25) is 0 Å². The molecular formula is C14H13FN2. The summed E-state index contributed by atoms with van der Waals surface area (Å²) in [4.78, 5) is 3.96. The van der Waals surface area contributed by atoms with Gasteiger partial charge in [-0.1, -0.05) is 26.0 Å². The summed E-state index contributed by atoms with van der Waals surface area (Å²) in [6, 6.07) is 9.91. The first-order chi connectivity index (χ1) is 8.31. The first kappa shape index (κ1) is 12.9. The summed E-state index contributed by atoms with van der Waals surface area (Å²) in [5.41, 5.74) is 1.71. The van der Waals surface area contributed by atoms with E-state index in [0.29, 0.717) is 0 Å². The van der Waals surface area contributed by atoms with Crippen LogP contribution in [-0.4, -0.2) is 4.98 Å². The molecule has 1 heterocycles. The Morgan fingerprint density at radius 2 is 1.94 bits per heavy atom. The maximum absolute atomic E-state index is 13.0. The highest BCUT2D eigenvalue weighted by molar-refractivity contribution is 5.64. The van der Waals surface area contributed by atoms with E-state index in [1.807, 2.05) is 26.0 Å². The summed E-state index contributed by atoms with van der Waals surface area (Å²) in [5.74, 6) is -0.495. The average molecular weight is 228 g/mol. The van der Waals surface area contributed by atoms with E-state index in [1.54, 1.807) is 24.5 Å². The van der Waals surface area contributed by atoms with Crippen molar-refractivity contribution in [2.75, 3.05) is 0 Å². The van der Waals surface area contributed by atoms with Crippen molar-refractivity contribution in [2.45, 2.75) is 13.8 Å². The third-order valence-corrected chi connectivity index (χ3v) is 2.08. The molecule has 1 aromatic carbocycles. The standard InChI is InChI=1S/C12H7FN2.C2H6/c13-12-4-3-9(6-11(12)7-14)10-2-1-5-15-8-10;1-2/h1-6,8H;1-2H3. The Morgan fingerprint density at radius 3 is 2.53 bits per heavy atom. The van der Waals surface area contributed by atoms with Crippen LogP contribution in [0.4, 0.5) is 4.39 Å². The number of nitriles is 1. The van der Waals surface area contributed by atoms with Gasteiger partial charge in [-0.3, -0.25) is 4.98 Å². The topological polar surface area (TPSA) is 36.7 Å². The molecule has 0 saturated heterocycles. The zero-order valence-corrected chi connectivity index (χ0v) is 9.81. The van der Waals surface area contributed by atoms with Gasteiger partial charge < -0.3 is 0 Å². The van der Waals surface area contributed by atoms with E-state index in [2.05, 4.69) is 4.98 Å². The van der Waals surface area contributed by atoms with E-state index in [4.69, 9.17) is 5.26 Å². The van der Waals surface area contributed by atoms with Crippen LogP contribution in [0.3, 0.4) is 0 Å². The summed E-state index contributed by atoms with van der Waals surface area (Å²) < 4.78 is 13.0. The summed E-state index contributed by atoms with van der Waals surface area (Å²) in [6.07, 6.45) is 3.34. The molecule has 2 nitrogen and oxygen atoms in total. The fraction of sp³-hybridized carbons (Fsp3) is 0.143. The number of aromatic nitrogens is 1. The maximum Gasteiger partial charge on any atom is 0.140 e. The predicted molar refractivity (Wildman–Crippen MR) is 65.7 cm³/mol. The molecule has 17 heavy (non-hydrogen) atoms. The second-order valence-electron chi connectivity index (χ2n) is 3.05. The van der Waals surface area contributed by atoms with Gasteiger partial charge in [-0.05, 0) is 23.8 Å². The lowest BCUT2D eigenvalue weighted by atomic mass is 10.1. The van der Waals surface area contributed by atoms with E-state index < -0.39 is 5.82 Å². The van der Waals surface area contributed by atoms with Crippen molar-refractivity contribution >= 4 is 0 Å². The summed E-state index contributed by atoms with van der Waals surface area (Å²) in [6.45, 7) is 4.00. The van der Waals surface area contributed by atoms with Crippen LogP contribution < -0.4 is 0 Å². The molecule has 0 N–H and O–H groups in total. The van der Waals surface area contributed by atoms with E-state index in [1.165, 1.54) is 12.1 Å². The Bertz CT molecular complexity index is 515. The predicted octanol–water partition coefficient (Wildman–Crippen LogP) is 3.79. The fourth-order valence-corrected chi connectivity index (χ4v) is 1.32. The summed E-state index contributed by atoms with van der Waals surface area (Å²) >= 11 is 0. The van der Waals surface area contributed by atoms with Crippen LogP contribution in [0, 0.1) is 17.1 Å². The van der Waals surface area contributed by atoms with Crippen molar-refractivity contribution in [3.63, 3.8) is 0 Å². The smallest absolute Gasteiger partial charge is 0.140 e. The molecule has 0 unspecified atom stereocenters. The van der Waals surface area contributed by atoms with Gasteiger partial charge >= 0.3 is 0 Å². The molecule has 0 spiro atoms. The second-order valence-corrected chi connectivity index (χ2v) is 3.05. The fourth-order valence-electron chi connectivity index (χ4n) is 1.32. The Hall–Kier alpha value is -2.21. The summed E-state index contributed by atoms with van der Waals surface area (Å²) in [5, 5.41) is 8.68. The number of nitrogens with zero attached hydrogens (tertiary/aromatic N) is 2. The molecular weight excluding hydrogens is 215 g/mol. The first-order valence-electron chi connectivity index (χ1n) is 5.41. The van der Waals surface area contributed by atoms with Crippen LogP contribution in [0.1, 0.15) is 19.4 Å². The quantitative estimate of drug-likeness (QED) is 0.744. The zero-order valence-electron chi connectivity index (χ0n) is 9.81. The van der Waals surface area contributed by atoms with Crippen LogP contribution >= 0.6 is 0 Å². The van der Waals surface area contributed by atoms with Crippen molar-refractivity contribution in [2.24, 2.45) is 0 Å². The SMILES string of the molecule is CC.N#Cc1cc(-c2cccnc2)ccc1F. The minimum absolute atomic E-state index is 0.0522. The van der Waals surface area contributed by atoms with Gasteiger partial charge in [0.25, 0.3) is 0 Å². The number of benzene rings is 1. The monoisotopic (exact) mass is 228 g/mol. The highest BCUT2D eigenvalue weighted by atomic mass is 19.1. The van der Waals surface area contributed by atoms with Gasteiger partial charge in [-0.2, -0.15) is 5.26 Å². The van der Waals surface area contributed by atoms with E-state index >= 15 is 0 Å².